The normalized spacial score (nSPS) is 10.0. The van der Waals surface area contributed by atoms with E-state index in [1.165, 1.54) is 4.90 Å². The van der Waals surface area contributed by atoms with Crippen molar-refractivity contribution in [2.45, 2.75) is 10.6 Å². The van der Waals surface area contributed by atoms with Crippen LogP contribution in [0.25, 0.3) is 10.9 Å². The molecule has 1 heterocycles. The number of primary amides is 1. The van der Waals surface area contributed by atoms with E-state index in [1.807, 2.05) is 72.8 Å². The Labute approximate surface area is 168 Å². The number of fused-ring (bicyclic) bond motifs is 1. The van der Waals surface area contributed by atoms with E-state index >= 15 is 0 Å². The van der Waals surface area contributed by atoms with Crippen molar-refractivity contribution in [3.05, 3.63) is 103 Å². The molecule has 2 N–H and O–H groups in total. The van der Waals surface area contributed by atoms with E-state index in [-0.39, 0.29) is 0 Å². The molecule has 0 aliphatic heterocycles. The molecule has 0 saturated carbocycles. The first kappa shape index (κ1) is 19.5. The highest BCUT2D eigenvalue weighted by molar-refractivity contribution is 7.98. The van der Waals surface area contributed by atoms with Gasteiger partial charge >= 0.3 is 6.09 Å². The highest BCUT2D eigenvalue weighted by Gasteiger charge is 2.10. The smallest absolute Gasteiger partial charge is 0.408 e. The summed E-state index contributed by atoms with van der Waals surface area (Å²) in [7, 11) is 0. The van der Waals surface area contributed by atoms with E-state index in [1.54, 1.807) is 24.0 Å². The molecule has 0 bridgehead atoms. The van der Waals surface area contributed by atoms with Crippen LogP contribution in [0.5, 0.6) is 5.75 Å². The Hall–Kier alpha value is -3.31. The summed E-state index contributed by atoms with van der Waals surface area (Å²) in [6, 6.07) is 29.7. The van der Waals surface area contributed by atoms with E-state index < -0.39 is 6.09 Å². The van der Waals surface area contributed by atoms with Crippen molar-refractivity contribution in [3.63, 3.8) is 0 Å². The van der Waals surface area contributed by atoms with E-state index in [9.17, 15) is 4.79 Å². The molecule has 4 rings (SSSR count). The first-order chi connectivity index (χ1) is 13.7. The predicted molar refractivity (Wildman–Crippen MR) is 114 cm³/mol. The van der Waals surface area contributed by atoms with Crippen LogP contribution in [-0.2, 0) is 5.75 Å². The maximum Gasteiger partial charge on any atom is 0.410 e. The summed E-state index contributed by atoms with van der Waals surface area (Å²) in [5, 5.41) is 0.963. The number of nitrogens with two attached hydrogens (primary N) is 1. The third kappa shape index (κ3) is 5.59. The first-order valence-electron chi connectivity index (χ1n) is 8.76. The molecular formula is C23H20N2O2S. The second kappa shape index (κ2) is 10.1. The van der Waals surface area contributed by atoms with Crippen molar-refractivity contribution in [1.29, 1.82) is 0 Å². The number of carbonyl (C=O) groups excluding carboxylic acids is 1. The van der Waals surface area contributed by atoms with Crippen LogP contribution in [0.15, 0.2) is 102 Å². The number of ether oxygens (including phenoxy) is 1. The SMILES string of the molecule is NC(=O)Oc1ccc(CSc2ccccc2)c2cccnc12.c1ccccc1. The topological polar surface area (TPSA) is 65.2 Å². The summed E-state index contributed by atoms with van der Waals surface area (Å²) in [6.45, 7) is 0. The first-order valence-corrected chi connectivity index (χ1v) is 9.74. The number of benzene rings is 3. The average molecular weight is 388 g/mol. The molecule has 0 radical (unpaired) electrons. The van der Waals surface area contributed by atoms with Crippen LogP contribution in [-0.4, -0.2) is 11.1 Å². The molecular weight excluding hydrogens is 368 g/mol. The fourth-order valence-electron chi connectivity index (χ4n) is 2.59. The maximum atomic E-state index is 11.0. The van der Waals surface area contributed by atoms with E-state index in [0.29, 0.717) is 11.3 Å². The summed E-state index contributed by atoms with van der Waals surface area (Å²) in [5.41, 5.74) is 6.87. The minimum Gasteiger partial charge on any atom is -0.408 e. The molecule has 1 aromatic heterocycles. The molecule has 28 heavy (non-hydrogen) atoms. The van der Waals surface area contributed by atoms with Gasteiger partial charge in [0.2, 0.25) is 0 Å². The van der Waals surface area contributed by atoms with Gasteiger partial charge in [-0.2, -0.15) is 0 Å². The third-order valence-corrected chi connectivity index (χ3v) is 4.90. The minimum atomic E-state index is -0.835. The second-order valence-corrected chi connectivity index (χ2v) is 6.85. The van der Waals surface area contributed by atoms with Gasteiger partial charge in [-0.05, 0) is 29.8 Å². The molecule has 0 spiro atoms. The van der Waals surface area contributed by atoms with E-state index in [0.717, 1.165) is 16.7 Å². The molecule has 0 aliphatic carbocycles. The van der Waals surface area contributed by atoms with Gasteiger partial charge in [0.15, 0.2) is 5.75 Å². The molecule has 0 unspecified atom stereocenters. The molecule has 0 aliphatic rings. The number of aromatic nitrogens is 1. The van der Waals surface area contributed by atoms with Crippen LogP contribution >= 0.6 is 11.8 Å². The van der Waals surface area contributed by atoms with Crippen LogP contribution in [0.2, 0.25) is 0 Å². The highest BCUT2D eigenvalue weighted by atomic mass is 32.2. The van der Waals surface area contributed by atoms with Gasteiger partial charge in [-0.1, -0.05) is 66.7 Å². The van der Waals surface area contributed by atoms with Crippen LogP contribution < -0.4 is 10.5 Å². The van der Waals surface area contributed by atoms with Crippen molar-refractivity contribution >= 4 is 28.8 Å². The lowest BCUT2D eigenvalue weighted by molar-refractivity contribution is 0.211. The van der Waals surface area contributed by atoms with Gasteiger partial charge in [-0.15, -0.1) is 11.8 Å². The van der Waals surface area contributed by atoms with Gasteiger partial charge in [-0.3, -0.25) is 4.98 Å². The lowest BCUT2D eigenvalue weighted by atomic mass is 10.1. The molecule has 0 atom stereocenters. The Morgan fingerprint density at radius 2 is 1.50 bits per heavy atom. The number of hydrogen-bond acceptors (Lipinski definition) is 4. The summed E-state index contributed by atoms with van der Waals surface area (Å²) in [5.74, 6) is 1.19. The zero-order chi connectivity index (χ0) is 19.6. The summed E-state index contributed by atoms with van der Waals surface area (Å²) in [6.07, 6.45) is 0.836. The Kier molecular flexibility index (Phi) is 7.04. The van der Waals surface area contributed by atoms with Crippen LogP contribution in [0.3, 0.4) is 0 Å². The van der Waals surface area contributed by atoms with E-state index in [2.05, 4.69) is 17.1 Å². The Morgan fingerprint density at radius 3 is 2.14 bits per heavy atom. The lowest BCUT2D eigenvalue weighted by Crippen LogP contribution is -2.16. The van der Waals surface area contributed by atoms with Crippen molar-refractivity contribution in [3.8, 4) is 5.75 Å². The van der Waals surface area contributed by atoms with Gasteiger partial charge in [0, 0.05) is 22.2 Å². The number of nitrogens with zero attached hydrogens (tertiary/aromatic N) is 1. The number of carbonyl (C=O) groups is 1. The number of thioether (sulfide) groups is 1. The summed E-state index contributed by atoms with van der Waals surface area (Å²) >= 11 is 1.75. The quantitative estimate of drug-likeness (QED) is 0.457. The number of rotatable bonds is 4. The average Bonchev–Trinajstić information content (AvgIpc) is 2.75. The standard InChI is InChI=1S/C17H14N2O2S.C6H6/c18-17(20)21-15-9-8-12(14-7-4-10-19-16(14)15)11-22-13-5-2-1-3-6-13;1-2-4-6-5-3-1/h1-10H,11H2,(H2,18,20);1-6H. The van der Waals surface area contributed by atoms with Crippen LogP contribution in [0.4, 0.5) is 4.79 Å². The van der Waals surface area contributed by atoms with Crippen molar-refractivity contribution in [2.75, 3.05) is 0 Å². The fourth-order valence-corrected chi connectivity index (χ4v) is 3.51. The number of pyridine rings is 1. The molecule has 3 aromatic carbocycles. The van der Waals surface area contributed by atoms with Crippen LogP contribution in [0.1, 0.15) is 5.56 Å². The Bertz CT molecular complexity index is 998. The molecule has 140 valence electrons. The van der Waals surface area contributed by atoms with Crippen molar-refractivity contribution < 1.29 is 9.53 Å². The molecule has 4 aromatic rings. The zero-order valence-corrected chi connectivity index (χ0v) is 16.0. The van der Waals surface area contributed by atoms with Crippen molar-refractivity contribution in [1.82, 2.24) is 4.98 Å². The third-order valence-electron chi connectivity index (χ3n) is 3.84. The second-order valence-electron chi connectivity index (χ2n) is 5.80. The van der Waals surface area contributed by atoms with Gasteiger partial charge in [0.1, 0.15) is 5.52 Å². The fraction of sp³-hybridized carbons (Fsp3) is 0.0435. The molecule has 0 fully saturated rings. The summed E-state index contributed by atoms with van der Waals surface area (Å²) in [4.78, 5) is 16.5. The largest absolute Gasteiger partial charge is 0.410 e. The zero-order valence-electron chi connectivity index (χ0n) is 15.2. The van der Waals surface area contributed by atoms with E-state index in [4.69, 9.17) is 10.5 Å². The Balaban J connectivity index is 0.000000320. The lowest BCUT2D eigenvalue weighted by Gasteiger charge is -2.09. The monoisotopic (exact) mass is 388 g/mol. The minimum absolute atomic E-state index is 0.386. The molecule has 5 heteroatoms. The van der Waals surface area contributed by atoms with Crippen LogP contribution in [0, 0.1) is 0 Å². The number of hydrogen-bond donors (Lipinski definition) is 1. The van der Waals surface area contributed by atoms with Gasteiger partial charge in [0.05, 0.1) is 0 Å². The molecule has 4 nitrogen and oxygen atoms in total. The van der Waals surface area contributed by atoms with Gasteiger partial charge in [0.25, 0.3) is 0 Å². The molecule has 1 amide bonds. The predicted octanol–water partition coefficient (Wildman–Crippen LogP) is 5.67. The maximum absolute atomic E-state index is 11.0. The van der Waals surface area contributed by atoms with Gasteiger partial charge in [-0.25, -0.2) is 4.79 Å². The summed E-state index contributed by atoms with van der Waals surface area (Å²) < 4.78 is 5.01. The molecule has 0 saturated heterocycles. The highest BCUT2D eigenvalue weighted by Crippen LogP contribution is 2.31. The Morgan fingerprint density at radius 1 is 0.857 bits per heavy atom. The van der Waals surface area contributed by atoms with Crippen molar-refractivity contribution in [2.24, 2.45) is 5.73 Å². The van der Waals surface area contributed by atoms with Gasteiger partial charge < -0.3 is 10.5 Å². The number of amides is 1.